The van der Waals surface area contributed by atoms with Crippen molar-refractivity contribution in [1.29, 1.82) is 0 Å². The van der Waals surface area contributed by atoms with Gasteiger partial charge in [0.05, 0.1) is 12.1 Å². The lowest BCUT2D eigenvalue weighted by molar-refractivity contribution is -0.179. The molecule has 4 unspecified atom stereocenters. The van der Waals surface area contributed by atoms with E-state index >= 15 is 0 Å². The van der Waals surface area contributed by atoms with Crippen LogP contribution in [0.2, 0.25) is 10.0 Å². The van der Waals surface area contributed by atoms with E-state index in [4.69, 9.17) is 27.9 Å². The minimum absolute atomic E-state index is 0.255. The average molecular weight is 514 g/mol. The minimum Gasteiger partial charge on any atom is -0.358 e. The smallest absolute Gasteiger partial charge is 0.253 e. The Hall–Kier alpha value is -2.73. The predicted molar refractivity (Wildman–Crippen MR) is 135 cm³/mol. The van der Waals surface area contributed by atoms with Crippen molar-refractivity contribution < 1.29 is 18.7 Å². The number of halogens is 3. The zero-order valence-corrected chi connectivity index (χ0v) is 20.8. The van der Waals surface area contributed by atoms with E-state index in [-0.39, 0.29) is 18.1 Å². The summed E-state index contributed by atoms with van der Waals surface area (Å²) in [5.41, 5.74) is 2.41. The van der Waals surface area contributed by atoms with Gasteiger partial charge in [0.1, 0.15) is 24.3 Å². The number of hydrogen-bond acceptors (Lipinski definition) is 3. The summed E-state index contributed by atoms with van der Waals surface area (Å²) in [6.07, 6.45) is 0.944. The van der Waals surface area contributed by atoms with Gasteiger partial charge in [0.2, 0.25) is 0 Å². The van der Waals surface area contributed by atoms with E-state index in [9.17, 15) is 14.0 Å². The van der Waals surface area contributed by atoms with Gasteiger partial charge in [-0.25, -0.2) is 4.39 Å². The highest BCUT2D eigenvalue weighted by molar-refractivity contribution is 6.30. The van der Waals surface area contributed by atoms with Crippen LogP contribution in [0, 0.1) is 5.82 Å². The topological polar surface area (TPSA) is 46.6 Å². The van der Waals surface area contributed by atoms with E-state index in [1.54, 1.807) is 41.3 Å². The molecular weight excluding hydrogens is 488 g/mol. The molecule has 1 aliphatic heterocycles. The van der Waals surface area contributed by atoms with Gasteiger partial charge in [-0.3, -0.25) is 4.79 Å². The van der Waals surface area contributed by atoms with E-state index in [1.807, 2.05) is 31.2 Å². The highest BCUT2D eigenvalue weighted by Crippen LogP contribution is 2.44. The molecule has 4 nitrogen and oxygen atoms in total. The van der Waals surface area contributed by atoms with Crippen LogP contribution in [0.5, 0.6) is 0 Å². The number of morpholine rings is 1. The van der Waals surface area contributed by atoms with E-state index in [1.165, 1.54) is 12.1 Å². The molecule has 0 N–H and O–H groups in total. The lowest BCUT2D eigenvalue weighted by atomic mass is 9.89. The monoisotopic (exact) mass is 513 g/mol. The fourth-order valence-corrected chi connectivity index (χ4v) is 4.83. The summed E-state index contributed by atoms with van der Waals surface area (Å²) < 4.78 is 19.9. The van der Waals surface area contributed by atoms with Crippen LogP contribution in [-0.2, 0) is 20.7 Å². The van der Waals surface area contributed by atoms with Crippen LogP contribution >= 0.6 is 23.2 Å². The van der Waals surface area contributed by atoms with Crippen molar-refractivity contribution in [3.05, 3.63) is 105 Å². The van der Waals surface area contributed by atoms with Crippen LogP contribution in [-0.4, -0.2) is 29.2 Å². The molecule has 182 valence electrons. The van der Waals surface area contributed by atoms with Crippen LogP contribution < -0.4 is 0 Å². The van der Waals surface area contributed by atoms with Gasteiger partial charge < -0.3 is 14.4 Å². The Morgan fingerprint density at radius 3 is 2.06 bits per heavy atom. The number of ether oxygens (including phenoxy) is 1. The van der Waals surface area contributed by atoms with Crippen LogP contribution in [0.4, 0.5) is 4.39 Å². The molecule has 7 heteroatoms. The quantitative estimate of drug-likeness (QED) is 0.313. The maximum Gasteiger partial charge on any atom is 0.253 e. The molecule has 0 aromatic heterocycles. The van der Waals surface area contributed by atoms with Crippen molar-refractivity contribution in [2.75, 3.05) is 0 Å². The molecule has 1 saturated heterocycles. The average Bonchev–Trinajstić information content (AvgIpc) is 2.86. The fraction of sp³-hybridized carbons (Fsp3) is 0.286. The first-order valence-electron chi connectivity index (χ1n) is 11.6. The number of rotatable bonds is 8. The van der Waals surface area contributed by atoms with E-state index in [0.29, 0.717) is 16.5 Å². The largest absolute Gasteiger partial charge is 0.358 e. The molecule has 1 amide bonds. The first-order chi connectivity index (χ1) is 16.9. The lowest BCUT2D eigenvalue weighted by Crippen LogP contribution is -2.55. The Labute approximate surface area is 214 Å². The van der Waals surface area contributed by atoms with Crippen molar-refractivity contribution in [3.8, 4) is 0 Å². The predicted octanol–water partition coefficient (Wildman–Crippen LogP) is 6.75. The first kappa shape index (κ1) is 25.4. The molecule has 1 aliphatic rings. The molecular formula is C28H26Cl2FNO3. The van der Waals surface area contributed by atoms with E-state index < -0.39 is 24.3 Å². The second-order valence-corrected chi connectivity index (χ2v) is 9.53. The lowest BCUT2D eigenvalue weighted by Gasteiger charge is -2.47. The Morgan fingerprint density at radius 2 is 1.51 bits per heavy atom. The summed E-state index contributed by atoms with van der Waals surface area (Å²) in [6, 6.07) is 19.4. The third-order valence-corrected chi connectivity index (χ3v) is 6.77. The Kier molecular flexibility index (Phi) is 8.22. The molecule has 35 heavy (non-hydrogen) atoms. The fourth-order valence-electron chi connectivity index (χ4n) is 4.58. The Balaban J connectivity index is 1.82. The van der Waals surface area contributed by atoms with Gasteiger partial charge >= 0.3 is 0 Å². The van der Waals surface area contributed by atoms with Crippen LogP contribution in [0.15, 0.2) is 72.8 Å². The van der Waals surface area contributed by atoms with Crippen molar-refractivity contribution in [3.63, 3.8) is 0 Å². The second-order valence-electron chi connectivity index (χ2n) is 8.66. The van der Waals surface area contributed by atoms with Gasteiger partial charge in [0.25, 0.3) is 5.91 Å². The standard InChI is InChI=1S/C28H26Cl2FNO3/c1-2-3-24(17-33)32-26(19-6-10-21(29)11-7-19)27(20-8-12-22(30)13-9-20)35-25(28(32)34)16-18-4-14-23(31)15-5-18/h4-15,17,24-27H,2-3,16H2,1H3. The van der Waals surface area contributed by atoms with Gasteiger partial charge in [-0.2, -0.15) is 0 Å². The van der Waals surface area contributed by atoms with Crippen LogP contribution in [0.1, 0.15) is 48.6 Å². The Bertz CT molecular complexity index is 1150. The summed E-state index contributed by atoms with van der Waals surface area (Å²) in [5, 5.41) is 1.15. The molecule has 1 fully saturated rings. The van der Waals surface area contributed by atoms with Gasteiger partial charge in [0, 0.05) is 16.5 Å². The molecule has 0 bridgehead atoms. The second kappa shape index (κ2) is 11.3. The van der Waals surface area contributed by atoms with Crippen molar-refractivity contribution >= 4 is 35.4 Å². The maximum atomic E-state index is 13.9. The van der Waals surface area contributed by atoms with Crippen molar-refractivity contribution in [2.45, 2.75) is 50.5 Å². The molecule has 0 radical (unpaired) electrons. The van der Waals surface area contributed by atoms with Gasteiger partial charge in [-0.15, -0.1) is 0 Å². The SMILES string of the molecule is CCCC(C=O)N1C(=O)C(Cc2ccc(F)cc2)OC(c2ccc(Cl)cc2)C1c1ccc(Cl)cc1. The van der Waals surface area contributed by atoms with Gasteiger partial charge in [-0.1, -0.05) is 72.9 Å². The molecule has 0 saturated carbocycles. The van der Waals surface area contributed by atoms with Crippen LogP contribution in [0.3, 0.4) is 0 Å². The summed E-state index contributed by atoms with van der Waals surface area (Å²) in [5.74, 6) is -0.623. The minimum atomic E-state index is -0.844. The molecule has 4 atom stereocenters. The molecule has 3 aromatic carbocycles. The molecule has 0 spiro atoms. The molecule has 3 aromatic rings. The summed E-state index contributed by atoms with van der Waals surface area (Å²) in [4.78, 5) is 27.8. The normalized spacial score (nSPS) is 21.1. The van der Waals surface area contributed by atoms with E-state index in [0.717, 1.165) is 29.4 Å². The number of carbonyl (C=O) groups excluding carboxylic acids is 2. The number of carbonyl (C=O) groups is 2. The molecule has 1 heterocycles. The van der Waals surface area contributed by atoms with Crippen molar-refractivity contribution in [1.82, 2.24) is 4.90 Å². The summed E-state index contributed by atoms with van der Waals surface area (Å²) in [6.45, 7) is 1.98. The summed E-state index contributed by atoms with van der Waals surface area (Å²) in [7, 11) is 0. The Morgan fingerprint density at radius 1 is 0.943 bits per heavy atom. The number of amides is 1. The van der Waals surface area contributed by atoms with Gasteiger partial charge in [0.15, 0.2) is 0 Å². The first-order valence-corrected chi connectivity index (χ1v) is 12.3. The highest BCUT2D eigenvalue weighted by Gasteiger charge is 2.46. The zero-order valence-electron chi connectivity index (χ0n) is 19.2. The molecule has 0 aliphatic carbocycles. The summed E-state index contributed by atoms with van der Waals surface area (Å²) >= 11 is 12.3. The number of aldehydes is 1. The zero-order chi connectivity index (χ0) is 24.9. The van der Waals surface area contributed by atoms with Crippen LogP contribution in [0.25, 0.3) is 0 Å². The van der Waals surface area contributed by atoms with E-state index in [2.05, 4.69) is 0 Å². The third kappa shape index (κ3) is 5.75. The third-order valence-electron chi connectivity index (χ3n) is 6.27. The number of nitrogens with zero attached hydrogens (tertiary/aromatic N) is 1. The molecule has 4 rings (SSSR count). The number of benzene rings is 3. The maximum absolute atomic E-state index is 13.9. The van der Waals surface area contributed by atoms with Crippen molar-refractivity contribution in [2.24, 2.45) is 0 Å². The highest BCUT2D eigenvalue weighted by atomic mass is 35.5. The number of hydrogen-bond donors (Lipinski definition) is 0. The van der Waals surface area contributed by atoms with Gasteiger partial charge in [-0.05, 0) is 59.5 Å².